The summed E-state index contributed by atoms with van der Waals surface area (Å²) in [6.07, 6.45) is 27.5. The number of hydrogen-bond donors (Lipinski definition) is 6. The fourth-order valence-electron chi connectivity index (χ4n) is 16.3. The van der Waals surface area contributed by atoms with Crippen LogP contribution in [-0.4, -0.2) is 256 Å². The molecular formula is C90H135N11O19. The molecule has 0 spiro atoms. The fraction of sp³-hybridized carbons (Fsp3) is 0.656. The number of carbonyl (C=O) groups excluding carboxylic acids is 6. The number of piperidine rings is 1. The molecule has 2 saturated carbocycles. The Morgan fingerprint density at radius 2 is 1.50 bits per heavy atom. The van der Waals surface area contributed by atoms with E-state index in [0.29, 0.717) is 178 Å². The van der Waals surface area contributed by atoms with Gasteiger partial charge in [0, 0.05) is 74.9 Å². The predicted octanol–water partition coefficient (Wildman–Crippen LogP) is 10.8. The monoisotopic (exact) mass is 1670 g/mol. The summed E-state index contributed by atoms with van der Waals surface area (Å²) in [7, 11) is 3.29. The van der Waals surface area contributed by atoms with Crippen molar-refractivity contribution in [3.8, 4) is 17.1 Å². The minimum atomic E-state index is -1.68. The van der Waals surface area contributed by atoms with Gasteiger partial charge in [-0.25, -0.2) is 14.5 Å². The number of likely N-dealkylation sites (tertiary alicyclic amines) is 1. The average Bonchev–Trinajstić information content (AvgIpc) is 1.60. The zero-order valence-electron chi connectivity index (χ0n) is 71.9. The number of Topliss-reactive ketones (excluding diaryl/α,β-unsaturated/α-hetero) is 3. The molecule has 120 heavy (non-hydrogen) atoms. The number of imidazole rings is 1. The number of ether oxygens (including phenoxy) is 11. The van der Waals surface area contributed by atoms with E-state index in [2.05, 4.69) is 37.1 Å². The van der Waals surface area contributed by atoms with E-state index in [0.717, 1.165) is 136 Å². The number of amides is 2. The zero-order chi connectivity index (χ0) is 86.0. The lowest BCUT2D eigenvalue weighted by molar-refractivity contribution is -0.158. The summed E-state index contributed by atoms with van der Waals surface area (Å²) in [5.41, 5.74) is 11.4. The van der Waals surface area contributed by atoms with Crippen molar-refractivity contribution in [2.45, 2.75) is 231 Å². The Hall–Kier alpha value is -8.27. The van der Waals surface area contributed by atoms with Crippen LogP contribution in [0.3, 0.4) is 0 Å². The Bertz CT molecular complexity index is 3990. The van der Waals surface area contributed by atoms with E-state index in [1.54, 1.807) is 62.8 Å². The molecule has 5 heterocycles. The molecule has 4 aromatic rings. The maximum absolute atomic E-state index is 13.5. The molecule has 0 bridgehead atoms. The highest BCUT2D eigenvalue weighted by Gasteiger charge is 2.39. The number of hydrogen-bond acceptors (Lipinski definition) is 26. The van der Waals surface area contributed by atoms with E-state index in [1.165, 1.54) is 6.33 Å². The third-order valence-corrected chi connectivity index (χ3v) is 23.3. The molecule has 1 aromatic carbocycles. The number of aromatic nitrogens is 5. The fourth-order valence-corrected chi connectivity index (χ4v) is 16.3. The standard InChI is InChI=1S/C90H135N11O19/c1-9-71-23-13-15-39-100(71)90(109)85(106)78-26-18-24-74(120-78)57-79(111-8)62(3)20-12-10-11-19-61(2)53-64(5)83(104)86(107)84(105)65(6)54-63(4)76(103)56-73(119-60-102)36-29-66-27-34-72(35-28-66)118-40-16-14-22-70(99-92)58-93-37-41-112-43-45-114-47-49-116-51-52-117-50-48-115-46-44-113-42-38-94-89(108)68-32-30-67(31-33-68)88-98-81(82-87(91)95-59-96-101(82)88)75-55-69-21-17-25-77(110-7)80(69)97-75/h9-12,17,19-21,25,54-55,58-61,63-64,66-68,71-74,78-79,84,86,97,105,107H,1,13-16,18,22-24,26-53,56-57,92H2,2-8H3,(H,94,108)(H2,91,95,96)/b12-10+,19-11+,62-20+,65-54+,93-58?,99-70?/t61-,63-,64-,66?,67?,68?,71-,72?,73-,74?,78?,79+,84-,86+/m1/s1. The van der Waals surface area contributed by atoms with Gasteiger partial charge < -0.3 is 89.1 Å². The van der Waals surface area contributed by atoms with Crippen LogP contribution in [0.25, 0.3) is 27.8 Å². The first kappa shape index (κ1) is 97.2. The zero-order valence-corrected chi connectivity index (χ0v) is 71.9. The number of aromatic amines is 1. The molecule has 4 aliphatic rings. The van der Waals surface area contributed by atoms with Gasteiger partial charge in [-0.3, -0.25) is 33.8 Å². The molecule has 2 aliphatic heterocycles. The molecule has 0 radical (unpaired) electrons. The second-order valence-electron chi connectivity index (χ2n) is 32.2. The Morgan fingerprint density at radius 3 is 2.17 bits per heavy atom. The molecule has 2 unspecified atom stereocenters. The lowest BCUT2D eigenvalue weighted by Crippen LogP contribution is -2.50. The summed E-state index contributed by atoms with van der Waals surface area (Å²) < 4.78 is 64.9. The third kappa shape index (κ3) is 31.6. The number of ketones is 3. The number of benzene rings is 1. The van der Waals surface area contributed by atoms with Crippen molar-refractivity contribution in [1.82, 2.24) is 34.8 Å². The van der Waals surface area contributed by atoms with Gasteiger partial charge in [0.05, 0.1) is 134 Å². The number of nitrogens with one attached hydrogen (secondary N) is 2. The van der Waals surface area contributed by atoms with Crippen molar-refractivity contribution in [3.05, 3.63) is 96.7 Å². The van der Waals surface area contributed by atoms with E-state index in [1.807, 2.05) is 68.5 Å². The largest absolute Gasteiger partial charge is 0.495 e. The molecule has 2 amide bonds. The number of para-hydroxylation sites is 1. The molecule has 4 fully saturated rings. The number of allylic oxidation sites excluding steroid dienone is 6. The van der Waals surface area contributed by atoms with Gasteiger partial charge in [-0.05, 0) is 177 Å². The first-order chi connectivity index (χ1) is 58.2. The van der Waals surface area contributed by atoms with Crippen LogP contribution >= 0.6 is 0 Å². The van der Waals surface area contributed by atoms with Gasteiger partial charge >= 0.3 is 0 Å². The van der Waals surface area contributed by atoms with Crippen LogP contribution in [0.5, 0.6) is 5.75 Å². The number of rotatable bonds is 57. The quantitative estimate of drug-likeness (QED) is 0.00349. The minimum absolute atomic E-state index is 0.00278. The normalized spacial score (nSPS) is 21.6. The van der Waals surface area contributed by atoms with Gasteiger partial charge in [-0.2, -0.15) is 10.2 Å². The van der Waals surface area contributed by atoms with Crippen molar-refractivity contribution in [1.29, 1.82) is 0 Å². The van der Waals surface area contributed by atoms with Crippen molar-refractivity contribution in [2.24, 2.45) is 45.5 Å². The minimum Gasteiger partial charge on any atom is -0.495 e. The lowest BCUT2D eigenvalue weighted by atomic mass is 9.81. The Labute approximate surface area is 707 Å². The maximum atomic E-state index is 13.5. The number of aliphatic imine (C=N–C) groups is 1. The lowest BCUT2D eigenvalue weighted by Gasteiger charge is -2.36. The van der Waals surface area contributed by atoms with Crippen LogP contribution in [0.15, 0.2) is 101 Å². The molecule has 2 aliphatic carbocycles. The van der Waals surface area contributed by atoms with Gasteiger partial charge in [0.25, 0.3) is 12.4 Å². The van der Waals surface area contributed by atoms with Crippen LogP contribution in [0, 0.1) is 29.6 Å². The van der Waals surface area contributed by atoms with Crippen LogP contribution in [0.2, 0.25) is 0 Å². The molecular weight excluding hydrogens is 1540 g/mol. The number of H-pyrrole nitrogens is 1. The number of nitrogens with two attached hydrogens (primary N) is 2. The summed E-state index contributed by atoms with van der Waals surface area (Å²) in [6, 6.07) is 7.77. The van der Waals surface area contributed by atoms with Gasteiger partial charge in [-0.15, -0.1) is 6.58 Å². The highest BCUT2D eigenvalue weighted by molar-refractivity contribution is 6.38. The van der Waals surface area contributed by atoms with Crippen molar-refractivity contribution >= 4 is 69.8 Å². The van der Waals surface area contributed by atoms with E-state index in [-0.39, 0.29) is 60.2 Å². The summed E-state index contributed by atoms with van der Waals surface area (Å²) in [4.78, 5) is 96.9. The third-order valence-electron chi connectivity index (χ3n) is 23.3. The first-order valence-electron chi connectivity index (χ1n) is 43.4. The number of hydrazone groups is 1. The molecule has 30 nitrogen and oxygen atoms in total. The number of anilines is 1. The molecule has 3 aromatic heterocycles. The number of nitrogens with zero attached hydrogens (tertiary/aromatic N) is 7. The van der Waals surface area contributed by atoms with Gasteiger partial charge in [0.15, 0.2) is 11.6 Å². The average molecular weight is 1680 g/mol. The molecule has 8 N–H and O–H groups in total. The molecule has 8 rings (SSSR count). The molecule has 30 heteroatoms. The number of aliphatic hydroxyl groups is 2. The Balaban J connectivity index is 0.565. The van der Waals surface area contributed by atoms with Gasteiger partial charge in [-0.1, -0.05) is 75.4 Å². The van der Waals surface area contributed by atoms with Crippen LogP contribution in [0.1, 0.15) is 188 Å². The van der Waals surface area contributed by atoms with E-state index in [4.69, 9.17) is 68.7 Å². The molecule has 2 saturated heterocycles. The number of fused-ring (bicyclic) bond motifs is 2. The highest BCUT2D eigenvalue weighted by Crippen LogP contribution is 2.40. The van der Waals surface area contributed by atoms with Crippen LogP contribution < -0.4 is 21.6 Å². The number of aliphatic hydroxyl groups excluding tert-OH is 2. The Morgan fingerprint density at radius 1 is 0.800 bits per heavy atom. The number of nitrogen functional groups attached to an aromatic ring is 1. The predicted molar refractivity (Wildman–Crippen MR) is 459 cm³/mol. The SMILES string of the molecule is C=C[C@@H]1CCCCN1C(=O)C(=O)C1CCCC(C[C@H](OC)/C(C)=C/C=C/C=C/[C@@H](C)C[C@@H](C)C(=O)[C@H](O)[C@H](O)/C(C)=C/[C@@H](C)C(=O)C[C@@H](CCC2CCC(OCCCCC(C=NCCOCCOCCOCCOCCOCCOCCNC(=O)C3CCC(c4nc(-c5cc6cccc(OC)c6[nH]5)c5c(N)ncnn45)CC3)=NN)CC2)OC=O)O1. The van der Waals surface area contributed by atoms with Crippen LogP contribution in [-0.2, 0) is 76.1 Å². The molecule has 10 atom stereocenters. The van der Waals surface area contributed by atoms with E-state index < -0.39 is 53.7 Å². The summed E-state index contributed by atoms with van der Waals surface area (Å²) in [5, 5.41) is 34.6. The Kier molecular flexibility index (Phi) is 43.4. The van der Waals surface area contributed by atoms with Crippen LogP contribution in [0.4, 0.5) is 5.82 Å². The van der Waals surface area contributed by atoms with E-state index >= 15 is 0 Å². The smallest absolute Gasteiger partial charge is 0.293 e. The van der Waals surface area contributed by atoms with Gasteiger partial charge in [0.2, 0.25) is 11.7 Å². The number of methoxy groups -OCH3 is 2. The van der Waals surface area contributed by atoms with Crippen molar-refractivity contribution in [2.75, 3.05) is 125 Å². The summed E-state index contributed by atoms with van der Waals surface area (Å²) in [5.74, 6) is 5.10. The second-order valence-corrected chi connectivity index (χ2v) is 32.2. The summed E-state index contributed by atoms with van der Waals surface area (Å²) in [6.45, 7) is 20.4. The summed E-state index contributed by atoms with van der Waals surface area (Å²) >= 11 is 0. The number of carbonyl (C=O) groups is 6. The highest BCUT2D eigenvalue weighted by atomic mass is 16.6. The topological polar surface area (TPSA) is 395 Å². The van der Waals surface area contributed by atoms with Crippen molar-refractivity contribution in [3.63, 3.8) is 0 Å². The number of unbranched alkanes of at least 4 members (excludes halogenated alkanes) is 1. The van der Waals surface area contributed by atoms with E-state index in [9.17, 15) is 39.0 Å². The van der Waals surface area contributed by atoms with Crippen molar-refractivity contribution < 1.29 is 91.1 Å². The first-order valence-corrected chi connectivity index (χ1v) is 43.4. The molecule has 664 valence electrons. The maximum Gasteiger partial charge on any atom is 0.293 e. The van der Waals surface area contributed by atoms with Gasteiger partial charge in [0.1, 0.15) is 59.3 Å². The second kappa shape index (κ2) is 53.6.